The lowest BCUT2D eigenvalue weighted by Crippen LogP contribution is -2.64. The molecule has 0 fully saturated rings. The second-order valence-electron chi connectivity index (χ2n) is 3.77. The molecule has 6 heteroatoms. The lowest BCUT2D eigenvalue weighted by molar-refractivity contribution is -0.151. The second-order valence-corrected chi connectivity index (χ2v) is 7.17. The summed E-state index contributed by atoms with van der Waals surface area (Å²) in [6.45, 7) is 7.13. The Morgan fingerprint density at radius 1 is 1.29 bits per heavy atom. The van der Waals surface area contributed by atoms with E-state index < -0.39 is 20.0 Å². The minimum absolute atomic E-state index is 0.510. The Bertz CT molecular complexity index is 256. The van der Waals surface area contributed by atoms with E-state index in [-0.39, 0.29) is 0 Å². The highest BCUT2D eigenvalue weighted by atomic mass is 28.4. The van der Waals surface area contributed by atoms with Crippen LogP contribution in [0.4, 0.5) is 0 Å². The molecule has 0 aromatic heterocycles. The summed E-state index contributed by atoms with van der Waals surface area (Å²) in [5.74, 6) is -0.510. The van der Waals surface area contributed by atoms with Crippen LogP contribution in [0.2, 0.25) is 0 Å². The molecular weight excluding hydrogens is 240 g/mol. The Balaban J connectivity index is 5.26. The van der Waals surface area contributed by atoms with Gasteiger partial charge in [0.25, 0.3) is 0 Å². The van der Waals surface area contributed by atoms with Crippen LogP contribution in [0.15, 0.2) is 12.7 Å². The summed E-state index contributed by atoms with van der Waals surface area (Å²) in [5.41, 5.74) is 0. The number of carbonyl (C=O) groups is 1. The zero-order valence-electron chi connectivity index (χ0n) is 11.2. The smallest absolute Gasteiger partial charge is 0.452 e. The standard InChI is InChI=1S/C11H22O5Si/c1-7-9-11(3,16-10(12)8-2)17(13-4,14-5)15-6/h8H,2,7,9H2,1,3-6H3. The highest BCUT2D eigenvalue weighted by molar-refractivity contribution is 6.64. The van der Waals surface area contributed by atoms with Gasteiger partial charge < -0.3 is 18.0 Å². The molecule has 0 aliphatic carbocycles. The number of hydrogen-bond donors (Lipinski definition) is 0. The molecular formula is C11H22O5Si. The first-order chi connectivity index (χ1) is 7.95. The zero-order valence-corrected chi connectivity index (χ0v) is 12.2. The maximum atomic E-state index is 11.4. The normalized spacial score (nSPS) is 15.1. The van der Waals surface area contributed by atoms with Crippen molar-refractivity contribution in [2.75, 3.05) is 21.3 Å². The highest BCUT2D eigenvalue weighted by Crippen LogP contribution is 2.31. The van der Waals surface area contributed by atoms with Crippen molar-refractivity contribution in [1.29, 1.82) is 0 Å². The van der Waals surface area contributed by atoms with E-state index in [0.717, 1.165) is 12.5 Å². The van der Waals surface area contributed by atoms with Gasteiger partial charge in [-0.05, 0) is 13.3 Å². The first kappa shape index (κ1) is 16.3. The Hall–Kier alpha value is -0.693. The molecule has 1 atom stereocenters. The molecule has 0 aromatic carbocycles. The largest absolute Gasteiger partial charge is 0.546 e. The van der Waals surface area contributed by atoms with Gasteiger partial charge in [0, 0.05) is 27.4 Å². The van der Waals surface area contributed by atoms with Gasteiger partial charge in [-0.1, -0.05) is 19.9 Å². The van der Waals surface area contributed by atoms with Crippen LogP contribution in [0.1, 0.15) is 26.7 Å². The fourth-order valence-electron chi connectivity index (χ4n) is 1.91. The summed E-state index contributed by atoms with van der Waals surface area (Å²) in [5, 5.41) is -0.911. The SMILES string of the molecule is C=CC(=O)OC(C)(CCC)[Si](OC)(OC)OC. The van der Waals surface area contributed by atoms with E-state index in [2.05, 4.69) is 6.58 Å². The van der Waals surface area contributed by atoms with Crippen molar-refractivity contribution < 1.29 is 22.8 Å². The third-order valence-corrected chi connectivity index (χ3v) is 5.93. The molecule has 0 aliphatic rings. The average Bonchev–Trinajstić information content (AvgIpc) is 2.32. The van der Waals surface area contributed by atoms with Crippen molar-refractivity contribution in [1.82, 2.24) is 0 Å². The van der Waals surface area contributed by atoms with Gasteiger partial charge in [0.05, 0.1) is 0 Å². The molecule has 0 amide bonds. The van der Waals surface area contributed by atoms with Crippen molar-refractivity contribution >= 4 is 14.8 Å². The minimum Gasteiger partial charge on any atom is -0.452 e. The molecule has 0 aliphatic heterocycles. The Morgan fingerprint density at radius 2 is 1.76 bits per heavy atom. The van der Waals surface area contributed by atoms with Crippen LogP contribution < -0.4 is 0 Å². The summed E-state index contributed by atoms with van der Waals surface area (Å²) in [4.78, 5) is 11.4. The van der Waals surface area contributed by atoms with Crippen LogP contribution in [0.3, 0.4) is 0 Å². The molecule has 0 aromatic rings. The summed E-state index contributed by atoms with van der Waals surface area (Å²) in [6, 6.07) is 0. The number of hydrogen-bond acceptors (Lipinski definition) is 5. The number of rotatable bonds is 8. The van der Waals surface area contributed by atoms with E-state index in [1.165, 1.54) is 21.3 Å². The second kappa shape index (κ2) is 6.90. The maximum absolute atomic E-state index is 11.4. The predicted molar refractivity (Wildman–Crippen MR) is 66.4 cm³/mol. The quantitative estimate of drug-likeness (QED) is 0.378. The third kappa shape index (κ3) is 3.38. The van der Waals surface area contributed by atoms with E-state index in [1.54, 1.807) is 6.92 Å². The van der Waals surface area contributed by atoms with Crippen molar-refractivity contribution in [2.45, 2.75) is 31.9 Å². The molecule has 0 bridgehead atoms. The predicted octanol–water partition coefficient (Wildman–Crippen LogP) is 1.69. The van der Waals surface area contributed by atoms with Crippen LogP contribution in [-0.4, -0.2) is 41.3 Å². The van der Waals surface area contributed by atoms with Gasteiger partial charge in [0.1, 0.15) is 0 Å². The van der Waals surface area contributed by atoms with Crippen LogP contribution in [0.5, 0.6) is 0 Å². The van der Waals surface area contributed by atoms with Crippen LogP contribution in [0.25, 0.3) is 0 Å². The summed E-state index contributed by atoms with van der Waals surface area (Å²) >= 11 is 0. The van der Waals surface area contributed by atoms with E-state index in [0.29, 0.717) is 6.42 Å². The molecule has 0 saturated carbocycles. The number of carbonyl (C=O) groups excluding carboxylic acids is 1. The minimum atomic E-state index is -3.06. The molecule has 100 valence electrons. The van der Waals surface area contributed by atoms with E-state index >= 15 is 0 Å². The van der Waals surface area contributed by atoms with Gasteiger partial charge >= 0.3 is 14.8 Å². The zero-order chi connectivity index (χ0) is 13.5. The van der Waals surface area contributed by atoms with Gasteiger partial charge in [-0.25, -0.2) is 4.79 Å². The summed E-state index contributed by atoms with van der Waals surface area (Å²) < 4.78 is 21.5. The molecule has 0 rings (SSSR count). The lowest BCUT2D eigenvalue weighted by atomic mass is 10.2. The van der Waals surface area contributed by atoms with E-state index in [1.807, 2.05) is 6.92 Å². The fourth-order valence-corrected chi connectivity index (χ4v) is 4.48. The van der Waals surface area contributed by atoms with Gasteiger partial charge in [0.2, 0.25) is 0 Å². The Kier molecular flexibility index (Phi) is 6.62. The first-order valence-electron chi connectivity index (χ1n) is 5.46. The topological polar surface area (TPSA) is 54.0 Å². The molecule has 0 radical (unpaired) electrons. The van der Waals surface area contributed by atoms with E-state index in [9.17, 15) is 4.79 Å². The van der Waals surface area contributed by atoms with Crippen LogP contribution >= 0.6 is 0 Å². The highest BCUT2D eigenvalue weighted by Gasteiger charge is 2.59. The number of ether oxygens (including phenoxy) is 1. The van der Waals surface area contributed by atoms with Gasteiger partial charge in [-0.3, -0.25) is 0 Å². The van der Waals surface area contributed by atoms with Crippen molar-refractivity contribution in [3.8, 4) is 0 Å². The average molecular weight is 262 g/mol. The van der Waals surface area contributed by atoms with Crippen LogP contribution in [0, 0.1) is 0 Å². The fraction of sp³-hybridized carbons (Fsp3) is 0.727. The van der Waals surface area contributed by atoms with Gasteiger partial charge in [0.15, 0.2) is 5.22 Å². The first-order valence-corrected chi connectivity index (χ1v) is 7.18. The monoisotopic (exact) mass is 262 g/mol. The Labute approximate surface area is 104 Å². The van der Waals surface area contributed by atoms with Crippen molar-refractivity contribution in [2.24, 2.45) is 0 Å². The van der Waals surface area contributed by atoms with E-state index in [4.69, 9.17) is 18.0 Å². The maximum Gasteiger partial charge on any atom is 0.546 e. The molecule has 0 N–H and O–H groups in total. The molecule has 0 heterocycles. The molecule has 5 nitrogen and oxygen atoms in total. The molecule has 0 saturated heterocycles. The van der Waals surface area contributed by atoms with Crippen LogP contribution in [-0.2, 0) is 22.8 Å². The van der Waals surface area contributed by atoms with Crippen molar-refractivity contribution in [3.05, 3.63) is 12.7 Å². The molecule has 17 heavy (non-hydrogen) atoms. The Morgan fingerprint density at radius 3 is 2.06 bits per heavy atom. The van der Waals surface area contributed by atoms with Gasteiger partial charge in [-0.2, -0.15) is 0 Å². The number of esters is 1. The molecule has 0 spiro atoms. The van der Waals surface area contributed by atoms with Gasteiger partial charge in [-0.15, -0.1) is 0 Å². The van der Waals surface area contributed by atoms with Crippen molar-refractivity contribution in [3.63, 3.8) is 0 Å². The summed E-state index contributed by atoms with van der Waals surface area (Å²) in [7, 11) is 1.42. The molecule has 1 unspecified atom stereocenters. The third-order valence-electron chi connectivity index (χ3n) is 2.67. The lowest BCUT2D eigenvalue weighted by Gasteiger charge is -2.39. The summed E-state index contributed by atoms with van der Waals surface area (Å²) in [6.07, 6.45) is 2.52.